The van der Waals surface area contributed by atoms with Gasteiger partial charge in [-0.15, -0.1) is 0 Å². The van der Waals surface area contributed by atoms with Crippen molar-refractivity contribution in [3.8, 4) is 0 Å². The first kappa shape index (κ1) is 14.5. The van der Waals surface area contributed by atoms with Crippen molar-refractivity contribution in [3.05, 3.63) is 36.3 Å². The number of nitrogens with one attached hydrogen (secondary N) is 1. The van der Waals surface area contributed by atoms with Gasteiger partial charge in [-0.1, -0.05) is 12.2 Å². The zero-order chi connectivity index (χ0) is 16.1. The molecule has 122 valence electrons. The molecule has 0 spiro atoms. The van der Waals surface area contributed by atoms with Crippen LogP contribution in [0.15, 0.2) is 35.2 Å². The maximum absolute atomic E-state index is 12.8. The van der Waals surface area contributed by atoms with E-state index in [0.29, 0.717) is 29.9 Å². The van der Waals surface area contributed by atoms with Gasteiger partial charge in [-0.25, -0.2) is 0 Å². The van der Waals surface area contributed by atoms with E-state index in [2.05, 4.69) is 17.5 Å². The Labute approximate surface area is 135 Å². The summed E-state index contributed by atoms with van der Waals surface area (Å²) < 4.78 is 5.04. The Morgan fingerprint density at radius 2 is 2.09 bits per heavy atom. The van der Waals surface area contributed by atoms with Gasteiger partial charge < -0.3 is 14.6 Å². The Morgan fingerprint density at radius 3 is 2.78 bits per heavy atom. The highest BCUT2D eigenvalue weighted by molar-refractivity contribution is 5.98. The van der Waals surface area contributed by atoms with Gasteiger partial charge in [0.15, 0.2) is 0 Å². The second-order valence-corrected chi connectivity index (χ2v) is 7.27. The molecule has 1 saturated heterocycles. The highest BCUT2D eigenvalue weighted by atomic mass is 16.3. The molecule has 2 bridgehead atoms. The minimum Gasteiger partial charge on any atom is -0.472 e. The van der Waals surface area contributed by atoms with Crippen LogP contribution in [-0.4, -0.2) is 35.3 Å². The third-order valence-corrected chi connectivity index (χ3v) is 5.52. The minimum atomic E-state index is -0.371. The van der Waals surface area contributed by atoms with Crippen LogP contribution in [0.5, 0.6) is 0 Å². The van der Waals surface area contributed by atoms with Crippen molar-refractivity contribution in [2.45, 2.75) is 32.4 Å². The average molecular weight is 314 g/mol. The van der Waals surface area contributed by atoms with Gasteiger partial charge in [0.2, 0.25) is 5.91 Å². The lowest BCUT2D eigenvalue weighted by Gasteiger charge is -2.29. The Balaban J connectivity index is 1.65. The summed E-state index contributed by atoms with van der Waals surface area (Å²) in [6.07, 6.45) is 8.61. The third kappa shape index (κ3) is 2.21. The standard InChI is InChI=1S/C18H22N2O3/c1-10(2)19-17(21)16-15-12-4-3-11(7-12)14(15)8-20(16)18(22)13-5-6-23-9-13/h3-6,9-12,14-16H,7-8H2,1-2H3,(H,19,21). The summed E-state index contributed by atoms with van der Waals surface area (Å²) in [6, 6.07) is 1.37. The lowest BCUT2D eigenvalue weighted by molar-refractivity contribution is -0.126. The van der Waals surface area contributed by atoms with Crippen molar-refractivity contribution in [1.82, 2.24) is 10.2 Å². The fourth-order valence-electron chi connectivity index (χ4n) is 4.68. The van der Waals surface area contributed by atoms with Crippen LogP contribution in [0.1, 0.15) is 30.6 Å². The Kier molecular flexibility index (Phi) is 3.32. The number of carbonyl (C=O) groups is 2. The van der Waals surface area contributed by atoms with Crippen molar-refractivity contribution in [2.24, 2.45) is 23.7 Å². The monoisotopic (exact) mass is 314 g/mol. The SMILES string of the molecule is CC(C)NC(=O)C1C2C3C=CC(C3)C2CN1C(=O)c1ccoc1. The highest BCUT2D eigenvalue weighted by Gasteiger charge is 2.57. The molecule has 23 heavy (non-hydrogen) atoms. The van der Waals surface area contributed by atoms with Crippen LogP contribution >= 0.6 is 0 Å². The van der Waals surface area contributed by atoms with Crippen LogP contribution in [0.3, 0.4) is 0 Å². The summed E-state index contributed by atoms with van der Waals surface area (Å²) in [5.74, 6) is 1.47. The first-order chi connectivity index (χ1) is 11.1. The largest absolute Gasteiger partial charge is 0.472 e. The van der Waals surface area contributed by atoms with Gasteiger partial charge in [0.05, 0.1) is 11.8 Å². The van der Waals surface area contributed by atoms with Gasteiger partial charge in [0.1, 0.15) is 12.3 Å². The number of likely N-dealkylation sites (tertiary alicyclic amines) is 1. The van der Waals surface area contributed by atoms with E-state index in [-0.39, 0.29) is 29.8 Å². The van der Waals surface area contributed by atoms with Crippen molar-refractivity contribution in [3.63, 3.8) is 0 Å². The molecule has 0 radical (unpaired) electrons. The maximum Gasteiger partial charge on any atom is 0.257 e. The Bertz CT molecular complexity index is 649. The van der Waals surface area contributed by atoms with Crippen LogP contribution in [0.4, 0.5) is 0 Å². The van der Waals surface area contributed by atoms with Gasteiger partial charge in [0.25, 0.3) is 5.91 Å². The van der Waals surface area contributed by atoms with Gasteiger partial charge >= 0.3 is 0 Å². The summed E-state index contributed by atoms with van der Waals surface area (Å²) in [5.41, 5.74) is 0.521. The van der Waals surface area contributed by atoms with Gasteiger partial charge in [-0.2, -0.15) is 0 Å². The molecule has 5 atom stereocenters. The van der Waals surface area contributed by atoms with E-state index >= 15 is 0 Å². The molecule has 5 heteroatoms. The molecule has 2 fully saturated rings. The predicted molar refractivity (Wildman–Crippen MR) is 84.5 cm³/mol. The smallest absolute Gasteiger partial charge is 0.257 e. The number of carbonyl (C=O) groups excluding carboxylic acids is 2. The lowest BCUT2D eigenvalue weighted by atomic mass is 9.81. The molecule has 3 aliphatic rings. The van der Waals surface area contributed by atoms with E-state index < -0.39 is 0 Å². The Hall–Kier alpha value is -2.04. The number of furan rings is 1. The average Bonchev–Trinajstić information content (AvgIpc) is 3.25. The molecular weight excluding hydrogens is 292 g/mol. The van der Waals surface area contributed by atoms with Crippen LogP contribution in [0.25, 0.3) is 0 Å². The summed E-state index contributed by atoms with van der Waals surface area (Å²) in [7, 11) is 0. The van der Waals surface area contributed by atoms with Crippen molar-refractivity contribution >= 4 is 11.8 Å². The number of fused-ring (bicyclic) bond motifs is 5. The summed E-state index contributed by atoms with van der Waals surface area (Å²) >= 11 is 0. The summed E-state index contributed by atoms with van der Waals surface area (Å²) in [5, 5.41) is 3.01. The molecule has 1 N–H and O–H groups in total. The second-order valence-electron chi connectivity index (χ2n) is 7.27. The third-order valence-electron chi connectivity index (χ3n) is 5.52. The van der Waals surface area contributed by atoms with Crippen molar-refractivity contribution in [1.29, 1.82) is 0 Å². The number of allylic oxidation sites excluding steroid dienone is 2. The quantitative estimate of drug-likeness (QED) is 0.869. The molecule has 5 nitrogen and oxygen atoms in total. The van der Waals surface area contributed by atoms with E-state index in [1.165, 1.54) is 12.5 Å². The van der Waals surface area contributed by atoms with Crippen LogP contribution in [0, 0.1) is 23.7 Å². The summed E-state index contributed by atoms with van der Waals surface area (Å²) in [6.45, 7) is 4.57. The fourth-order valence-corrected chi connectivity index (χ4v) is 4.68. The molecule has 2 amide bonds. The summed E-state index contributed by atoms with van der Waals surface area (Å²) in [4.78, 5) is 27.4. The number of nitrogens with zero attached hydrogens (tertiary/aromatic N) is 1. The minimum absolute atomic E-state index is 0.0229. The zero-order valence-corrected chi connectivity index (χ0v) is 13.4. The number of amides is 2. The van der Waals surface area contributed by atoms with Gasteiger partial charge in [-0.05, 0) is 50.0 Å². The zero-order valence-electron chi connectivity index (χ0n) is 13.4. The fraction of sp³-hybridized carbons (Fsp3) is 0.556. The van der Waals surface area contributed by atoms with E-state index in [1.54, 1.807) is 11.0 Å². The molecule has 4 rings (SSSR count). The predicted octanol–water partition coefficient (Wildman–Crippen LogP) is 2.07. The van der Waals surface area contributed by atoms with Gasteiger partial charge in [-0.3, -0.25) is 9.59 Å². The normalized spacial score (nSPS) is 34.2. The van der Waals surface area contributed by atoms with Crippen molar-refractivity contribution < 1.29 is 14.0 Å². The van der Waals surface area contributed by atoms with Crippen LogP contribution in [-0.2, 0) is 4.79 Å². The maximum atomic E-state index is 12.8. The first-order valence-corrected chi connectivity index (χ1v) is 8.38. The van der Waals surface area contributed by atoms with Crippen LogP contribution < -0.4 is 5.32 Å². The molecular formula is C18H22N2O3. The second kappa shape index (κ2) is 5.25. The van der Waals surface area contributed by atoms with Gasteiger partial charge in [0, 0.05) is 12.6 Å². The van der Waals surface area contributed by atoms with E-state index in [1.807, 2.05) is 13.8 Å². The number of rotatable bonds is 3. The molecule has 2 aliphatic carbocycles. The molecule has 1 aromatic rings. The molecule has 2 heterocycles. The lowest BCUT2D eigenvalue weighted by Crippen LogP contribution is -2.51. The number of hydrogen-bond acceptors (Lipinski definition) is 3. The molecule has 5 unspecified atom stereocenters. The molecule has 1 saturated carbocycles. The van der Waals surface area contributed by atoms with E-state index in [4.69, 9.17) is 4.42 Å². The molecule has 1 aliphatic heterocycles. The number of hydrogen-bond donors (Lipinski definition) is 1. The topological polar surface area (TPSA) is 62.6 Å². The van der Waals surface area contributed by atoms with Crippen molar-refractivity contribution in [2.75, 3.05) is 6.54 Å². The Morgan fingerprint density at radius 1 is 1.30 bits per heavy atom. The van der Waals surface area contributed by atoms with E-state index in [0.717, 1.165) is 6.42 Å². The molecule has 0 aromatic carbocycles. The van der Waals surface area contributed by atoms with Crippen LogP contribution in [0.2, 0.25) is 0 Å². The molecule has 1 aromatic heterocycles. The highest BCUT2D eigenvalue weighted by Crippen LogP contribution is 2.54. The van der Waals surface area contributed by atoms with E-state index in [9.17, 15) is 9.59 Å². The first-order valence-electron chi connectivity index (χ1n) is 8.38.